The highest BCUT2D eigenvalue weighted by Gasteiger charge is 2.31. The Bertz CT molecular complexity index is 701. The largest absolute Gasteiger partial charge is 0.574 e. The molecule has 1 aliphatic heterocycles. The van der Waals surface area contributed by atoms with E-state index in [4.69, 9.17) is 0 Å². The minimum atomic E-state index is -4.71. The smallest absolute Gasteiger partial charge is 0.388 e. The Hall–Kier alpha value is -2.28. The van der Waals surface area contributed by atoms with Gasteiger partial charge in [0, 0.05) is 44.6 Å². The number of nitrogens with zero attached hydrogens (tertiary/aromatic N) is 2. The molecule has 1 aromatic carbocycles. The van der Waals surface area contributed by atoms with Crippen molar-refractivity contribution in [2.24, 2.45) is 0 Å². The van der Waals surface area contributed by atoms with E-state index in [1.54, 1.807) is 6.07 Å². The quantitative estimate of drug-likeness (QED) is 0.925. The maximum atomic E-state index is 12.1. The number of ether oxygens (including phenoxy) is 1. The minimum Gasteiger partial charge on any atom is -0.388 e. The molecule has 0 aliphatic carbocycles. The van der Waals surface area contributed by atoms with Gasteiger partial charge in [-0.15, -0.1) is 13.2 Å². The van der Waals surface area contributed by atoms with Gasteiger partial charge in [-0.3, -0.25) is 4.90 Å². The lowest BCUT2D eigenvalue weighted by molar-refractivity contribution is -0.276. The van der Waals surface area contributed by atoms with Crippen molar-refractivity contribution < 1.29 is 17.9 Å². The Morgan fingerprint density at radius 2 is 2.04 bits per heavy atom. The molecule has 0 spiro atoms. The van der Waals surface area contributed by atoms with Crippen LogP contribution in [0.1, 0.15) is 16.7 Å². The third-order valence-corrected chi connectivity index (χ3v) is 4.01. The van der Waals surface area contributed by atoms with Crippen molar-refractivity contribution >= 4 is 5.69 Å². The average molecular weight is 337 g/mol. The zero-order chi connectivity index (χ0) is 17.2. The number of hydrogen-bond donors (Lipinski definition) is 1. The molecule has 1 aliphatic rings. The number of halogens is 3. The molecule has 0 amide bonds. The van der Waals surface area contributed by atoms with Crippen molar-refractivity contribution in [3.8, 4) is 5.88 Å². The molecule has 128 valence electrons. The molecule has 7 heteroatoms. The van der Waals surface area contributed by atoms with E-state index in [1.165, 1.54) is 23.4 Å². The van der Waals surface area contributed by atoms with Gasteiger partial charge in [0.25, 0.3) is 0 Å². The molecule has 2 aromatic rings. The summed E-state index contributed by atoms with van der Waals surface area (Å²) >= 11 is 0. The number of rotatable bonds is 4. The van der Waals surface area contributed by atoms with E-state index in [-0.39, 0.29) is 0 Å². The van der Waals surface area contributed by atoms with Gasteiger partial charge in [-0.2, -0.15) is 0 Å². The molecule has 0 saturated carbocycles. The number of fused-ring (bicyclic) bond motifs is 1. The molecule has 0 radical (unpaired) electrons. The lowest BCUT2D eigenvalue weighted by Crippen LogP contribution is -2.30. The van der Waals surface area contributed by atoms with E-state index in [0.29, 0.717) is 6.54 Å². The number of anilines is 1. The summed E-state index contributed by atoms with van der Waals surface area (Å²) in [6.45, 7) is 2.36. The summed E-state index contributed by atoms with van der Waals surface area (Å²) in [5.74, 6) is -0.436. The van der Waals surface area contributed by atoms with Gasteiger partial charge in [0.15, 0.2) is 0 Å². The molecule has 3 rings (SSSR count). The van der Waals surface area contributed by atoms with Crippen LogP contribution in [-0.2, 0) is 19.5 Å². The number of aromatic nitrogens is 1. The second kappa shape index (κ2) is 6.68. The Morgan fingerprint density at radius 1 is 1.21 bits per heavy atom. The second-order valence-corrected chi connectivity index (χ2v) is 5.75. The molecule has 1 N–H and O–H groups in total. The predicted molar refractivity (Wildman–Crippen MR) is 84.7 cm³/mol. The van der Waals surface area contributed by atoms with Crippen molar-refractivity contribution in [1.82, 2.24) is 9.88 Å². The second-order valence-electron chi connectivity index (χ2n) is 5.75. The molecular formula is C17H18F3N3O. The Balaban J connectivity index is 1.64. The van der Waals surface area contributed by atoms with Crippen LogP contribution in [0.2, 0.25) is 0 Å². The molecule has 0 unspecified atom stereocenters. The SMILES string of the molecule is CNc1ccc2c(c1)CN(Cc1ccc(OC(F)(F)F)nc1)CC2. The van der Waals surface area contributed by atoms with Crippen LogP contribution in [-0.4, -0.2) is 29.8 Å². The maximum Gasteiger partial charge on any atom is 0.574 e. The molecule has 0 fully saturated rings. The van der Waals surface area contributed by atoms with Crippen molar-refractivity contribution in [2.75, 3.05) is 18.9 Å². The Labute approximate surface area is 138 Å². The van der Waals surface area contributed by atoms with Crippen molar-refractivity contribution in [3.63, 3.8) is 0 Å². The monoisotopic (exact) mass is 337 g/mol. The number of pyridine rings is 1. The van der Waals surface area contributed by atoms with E-state index < -0.39 is 12.2 Å². The third-order valence-electron chi connectivity index (χ3n) is 4.01. The molecule has 24 heavy (non-hydrogen) atoms. The highest BCUT2D eigenvalue weighted by Crippen LogP contribution is 2.24. The number of benzene rings is 1. The van der Waals surface area contributed by atoms with E-state index in [1.807, 2.05) is 7.05 Å². The summed E-state index contributed by atoms with van der Waals surface area (Å²) in [7, 11) is 1.89. The van der Waals surface area contributed by atoms with E-state index in [2.05, 4.69) is 38.1 Å². The maximum absolute atomic E-state index is 12.1. The van der Waals surface area contributed by atoms with Gasteiger partial charge in [-0.25, -0.2) is 4.98 Å². The van der Waals surface area contributed by atoms with Gasteiger partial charge in [-0.1, -0.05) is 12.1 Å². The van der Waals surface area contributed by atoms with Crippen LogP contribution in [0.5, 0.6) is 5.88 Å². The Kier molecular flexibility index (Phi) is 4.62. The van der Waals surface area contributed by atoms with Crippen molar-refractivity contribution in [2.45, 2.75) is 25.9 Å². The fourth-order valence-corrected chi connectivity index (χ4v) is 2.85. The molecule has 2 heterocycles. The van der Waals surface area contributed by atoms with Crippen LogP contribution in [0.3, 0.4) is 0 Å². The van der Waals surface area contributed by atoms with Crippen LogP contribution in [0.4, 0.5) is 18.9 Å². The summed E-state index contributed by atoms with van der Waals surface area (Å²) in [5, 5.41) is 3.13. The fourth-order valence-electron chi connectivity index (χ4n) is 2.85. The van der Waals surface area contributed by atoms with Crippen molar-refractivity contribution in [3.05, 3.63) is 53.2 Å². The summed E-state index contributed by atoms with van der Waals surface area (Å²) in [6.07, 6.45) is -2.32. The highest BCUT2D eigenvalue weighted by molar-refractivity contribution is 5.48. The van der Waals surface area contributed by atoms with Gasteiger partial charge in [-0.05, 0) is 35.2 Å². The first-order valence-electron chi connectivity index (χ1n) is 7.65. The topological polar surface area (TPSA) is 37.4 Å². The molecule has 0 saturated heterocycles. The predicted octanol–water partition coefficient (Wildman–Crippen LogP) is 3.58. The average Bonchev–Trinajstić information content (AvgIpc) is 2.54. The van der Waals surface area contributed by atoms with Gasteiger partial charge in [0.1, 0.15) is 0 Å². The van der Waals surface area contributed by atoms with Crippen LogP contribution >= 0.6 is 0 Å². The lowest BCUT2D eigenvalue weighted by atomic mass is 9.98. The normalized spacial score (nSPS) is 15.0. The fraction of sp³-hybridized carbons (Fsp3) is 0.353. The first-order valence-corrected chi connectivity index (χ1v) is 7.65. The van der Waals surface area contributed by atoms with Crippen LogP contribution < -0.4 is 10.1 Å². The minimum absolute atomic E-state index is 0.436. The zero-order valence-electron chi connectivity index (χ0n) is 13.2. The van der Waals surface area contributed by atoms with Crippen molar-refractivity contribution in [1.29, 1.82) is 0 Å². The summed E-state index contributed by atoms with van der Waals surface area (Å²) in [4.78, 5) is 5.98. The zero-order valence-corrected chi connectivity index (χ0v) is 13.2. The molecule has 0 atom stereocenters. The third kappa shape index (κ3) is 4.17. The van der Waals surface area contributed by atoms with Gasteiger partial charge < -0.3 is 10.1 Å². The van der Waals surface area contributed by atoms with E-state index in [0.717, 1.165) is 30.8 Å². The number of nitrogens with one attached hydrogen (secondary N) is 1. The molecule has 1 aromatic heterocycles. The molecule has 0 bridgehead atoms. The highest BCUT2D eigenvalue weighted by atomic mass is 19.4. The molecular weight excluding hydrogens is 319 g/mol. The van der Waals surface area contributed by atoms with Gasteiger partial charge in [0.2, 0.25) is 5.88 Å². The van der Waals surface area contributed by atoms with Crippen LogP contribution in [0, 0.1) is 0 Å². The first-order chi connectivity index (χ1) is 11.4. The van der Waals surface area contributed by atoms with E-state index >= 15 is 0 Å². The van der Waals surface area contributed by atoms with Gasteiger partial charge in [0.05, 0.1) is 0 Å². The summed E-state index contributed by atoms with van der Waals surface area (Å²) in [5.41, 5.74) is 4.55. The van der Waals surface area contributed by atoms with Crippen LogP contribution in [0.25, 0.3) is 0 Å². The number of hydrogen-bond acceptors (Lipinski definition) is 4. The Morgan fingerprint density at radius 3 is 2.71 bits per heavy atom. The summed E-state index contributed by atoms with van der Waals surface area (Å²) < 4.78 is 40.2. The summed E-state index contributed by atoms with van der Waals surface area (Å²) in [6, 6.07) is 9.22. The van der Waals surface area contributed by atoms with E-state index in [9.17, 15) is 13.2 Å². The standard InChI is InChI=1S/C17H18F3N3O/c1-21-15-4-3-13-6-7-23(11-14(13)8-15)10-12-2-5-16(22-9-12)24-17(18,19)20/h2-5,8-9,21H,6-7,10-11H2,1H3. The number of alkyl halides is 3. The van der Waals surface area contributed by atoms with Crippen LogP contribution in [0.15, 0.2) is 36.5 Å². The van der Waals surface area contributed by atoms with Gasteiger partial charge >= 0.3 is 6.36 Å². The lowest BCUT2D eigenvalue weighted by Gasteiger charge is -2.29. The first kappa shape index (κ1) is 16.6. The molecule has 4 nitrogen and oxygen atoms in total.